The smallest absolute Gasteiger partial charge is 0.273 e. The highest BCUT2D eigenvalue weighted by Crippen LogP contribution is 2.22. The molecule has 0 saturated carbocycles. The van der Waals surface area contributed by atoms with E-state index in [0.29, 0.717) is 5.69 Å². The monoisotopic (exact) mass is 253 g/mol. The van der Waals surface area contributed by atoms with Gasteiger partial charge in [-0.3, -0.25) is 4.79 Å². The summed E-state index contributed by atoms with van der Waals surface area (Å²) in [5.41, 5.74) is 6.54. The topological polar surface area (TPSA) is 59.2 Å². The number of hydrogen-bond acceptors (Lipinski definition) is 4. The molecule has 0 spiro atoms. The number of hydrogen-bond donors (Lipinski definition) is 1. The Morgan fingerprint density at radius 1 is 1.65 bits per heavy atom. The van der Waals surface area contributed by atoms with Gasteiger partial charge in [0.2, 0.25) is 0 Å². The van der Waals surface area contributed by atoms with E-state index in [2.05, 4.69) is 4.98 Å². The average Bonchev–Trinajstić information content (AvgIpc) is 2.75. The van der Waals surface area contributed by atoms with Gasteiger partial charge in [0.15, 0.2) is 0 Å². The van der Waals surface area contributed by atoms with Gasteiger partial charge in [0.25, 0.3) is 5.91 Å². The zero-order valence-electron chi connectivity index (χ0n) is 10.3. The standard InChI is InChI=1S/C12H19N3OS/c1-8(13)11-5-3-4-6-15(11)12(16)10-7-17-9(2)14-10/h7-8,11H,3-6,13H2,1-2H3/t8-,11-/m0/s1. The molecule has 0 aromatic carbocycles. The van der Waals surface area contributed by atoms with E-state index < -0.39 is 0 Å². The van der Waals surface area contributed by atoms with Gasteiger partial charge in [-0.2, -0.15) is 0 Å². The molecule has 1 aromatic rings. The van der Waals surface area contributed by atoms with Crippen LogP contribution < -0.4 is 5.73 Å². The van der Waals surface area contributed by atoms with Crippen molar-refractivity contribution >= 4 is 17.2 Å². The molecule has 2 N–H and O–H groups in total. The third-order valence-corrected chi connectivity index (χ3v) is 4.03. The van der Waals surface area contributed by atoms with Gasteiger partial charge in [0.05, 0.1) is 5.01 Å². The number of thiazole rings is 1. The van der Waals surface area contributed by atoms with Crippen LogP contribution in [0.15, 0.2) is 5.38 Å². The lowest BCUT2D eigenvalue weighted by atomic mass is 9.96. The molecule has 1 aliphatic heterocycles. The molecular weight excluding hydrogens is 234 g/mol. The maximum atomic E-state index is 12.3. The number of rotatable bonds is 2. The molecular formula is C12H19N3OS. The lowest BCUT2D eigenvalue weighted by Crippen LogP contribution is -2.51. The minimum atomic E-state index is 0.0268. The van der Waals surface area contributed by atoms with Crippen LogP contribution in [0.3, 0.4) is 0 Å². The van der Waals surface area contributed by atoms with E-state index in [0.717, 1.165) is 30.8 Å². The van der Waals surface area contributed by atoms with Crippen molar-refractivity contribution in [2.75, 3.05) is 6.54 Å². The fourth-order valence-corrected chi connectivity index (χ4v) is 2.95. The lowest BCUT2D eigenvalue weighted by molar-refractivity contribution is 0.0578. The Kier molecular flexibility index (Phi) is 3.79. The molecule has 1 saturated heterocycles. The van der Waals surface area contributed by atoms with E-state index in [1.54, 1.807) is 0 Å². The predicted octanol–water partition coefficient (Wildman–Crippen LogP) is 1.79. The van der Waals surface area contributed by atoms with Crippen molar-refractivity contribution in [3.8, 4) is 0 Å². The summed E-state index contributed by atoms with van der Waals surface area (Å²) in [5.74, 6) is 0.0383. The first-order valence-corrected chi connectivity index (χ1v) is 6.96. The summed E-state index contributed by atoms with van der Waals surface area (Å²) in [6, 6.07) is 0.192. The summed E-state index contributed by atoms with van der Waals surface area (Å²) in [5, 5.41) is 2.77. The van der Waals surface area contributed by atoms with E-state index >= 15 is 0 Å². The second-order valence-electron chi connectivity index (χ2n) is 4.67. The highest BCUT2D eigenvalue weighted by Gasteiger charge is 2.30. The van der Waals surface area contributed by atoms with Gasteiger partial charge < -0.3 is 10.6 Å². The van der Waals surface area contributed by atoms with Crippen molar-refractivity contribution < 1.29 is 4.79 Å². The Hall–Kier alpha value is -0.940. The summed E-state index contributed by atoms with van der Waals surface area (Å²) in [6.07, 6.45) is 3.23. The Morgan fingerprint density at radius 3 is 3.00 bits per heavy atom. The fraction of sp³-hybridized carbons (Fsp3) is 0.667. The first-order chi connectivity index (χ1) is 8.09. The molecule has 2 atom stereocenters. The van der Waals surface area contributed by atoms with E-state index in [1.165, 1.54) is 11.3 Å². The molecule has 0 unspecified atom stereocenters. The van der Waals surface area contributed by atoms with Crippen LogP contribution in [0.4, 0.5) is 0 Å². The SMILES string of the molecule is Cc1nc(C(=O)N2CCCC[C@H]2[C@H](C)N)cs1. The van der Waals surface area contributed by atoms with Gasteiger partial charge in [0.1, 0.15) is 5.69 Å². The number of carbonyl (C=O) groups excluding carboxylic acids is 1. The second kappa shape index (κ2) is 5.14. The van der Waals surface area contributed by atoms with Crippen molar-refractivity contribution in [2.24, 2.45) is 5.73 Å². The number of likely N-dealkylation sites (tertiary alicyclic amines) is 1. The first-order valence-electron chi connectivity index (χ1n) is 6.08. The van der Waals surface area contributed by atoms with Crippen LogP contribution in [0.25, 0.3) is 0 Å². The molecule has 2 rings (SSSR count). The quantitative estimate of drug-likeness (QED) is 0.874. The Balaban J connectivity index is 2.16. The molecule has 0 bridgehead atoms. The molecule has 1 aliphatic rings. The number of nitrogens with zero attached hydrogens (tertiary/aromatic N) is 2. The molecule has 17 heavy (non-hydrogen) atoms. The summed E-state index contributed by atoms with van der Waals surface area (Å²) in [6.45, 7) is 4.70. The predicted molar refractivity (Wildman–Crippen MR) is 69.2 cm³/mol. The summed E-state index contributed by atoms with van der Waals surface area (Å²) in [7, 11) is 0. The lowest BCUT2D eigenvalue weighted by Gasteiger charge is -2.37. The van der Waals surface area contributed by atoms with Crippen molar-refractivity contribution in [1.82, 2.24) is 9.88 Å². The van der Waals surface area contributed by atoms with E-state index in [-0.39, 0.29) is 18.0 Å². The van der Waals surface area contributed by atoms with Gasteiger partial charge in [-0.25, -0.2) is 4.98 Å². The van der Waals surface area contributed by atoms with Crippen molar-refractivity contribution in [1.29, 1.82) is 0 Å². The highest BCUT2D eigenvalue weighted by molar-refractivity contribution is 7.09. The van der Waals surface area contributed by atoms with Crippen LogP contribution in [0.5, 0.6) is 0 Å². The maximum absolute atomic E-state index is 12.3. The van der Waals surface area contributed by atoms with Gasteiger partial charge in [-0.05, 0) is 33.1 Å². The minimum absolute atomic E-state index is 0.0268. The average molecular weight is 253 g/mol. The minimum Gasteiger partial charge on any atom is -0.333 e. The number of aromatic nitrogens is 1. The van der Waals surface area contributed by atoms with Crippen LogP contribution in [-0.4, -0.2) is 34.4 Å². The third kappa shape index (κ3) is 2.66. The van der Waals surface area contributed by atoms with Gasteiger partial charge in [0, 0.05) is 24.0 Å². The molecule has 1 aromatic heterocycles. The Labute approximate surface area is 106 Å². The van der Waals surface area contributed by atoms with E-state index in [9.17, 15) is 4.79 Å². The molecule has 1 amide bonds. The molecule has 0 aliphatic carbocycles. The maximum Gasteiger partial charge on any atom is 0.273 e. The highest BCUT2D eigenvalue weighted by atomic mass is 32.1. The first kappa shape index (κ1) is 12.5. The summed E-state index contributed by atoms with van der Waals surface area (Å²) < 4.78 is 0. The number of nitrogens with two attached hydrogens (primary N) is 1. The van der Waals surface area contributed by atoms with Crippen LogP contribution in [0, 0.1) is 6.92 Å². The van der Waals surface area contributed by atoms with Crippen LogP contribution in [-0.2, 0) is 0 Å². The molecule has 1 fully saturated rings. The van der Waals surface area contributed by atoms with Gasteiger partial charge >= 0.3 is 0 Å². The van der Waals surface area contributed by atoms with Gasteiger partial charge in [-0.1, -0.05) is 0 Å². The number of aryl methyl sites for hydroxylation is 1. The Morgan fingerprint density at radius 2 is 2.41 bits per heavy atom. The largest absolute Gasteiger partial charge is 0.333 e. The van der Waals surface area contributed by atoms with E-state index in [4.69, 9.17) is 5.73 Å². The van der Waals surface area contributed by atoms with Crippen LogP contribution in [0.1, 0.15) is 41.7 Å². The molecule has 5 heteroatoms. The molecule has 4 nitrogen and oxygen atoms in total. The molecule has 0 radical (unpaired) electrons. The summed E-state index contributed by atoms with van der Waals surface area (Å²) in [4.78, 5) is 18.5. The third-order valence-electron chi connectivity index (χ3n) is 3.26. The Bertz CT molecular complexity index is 402. The van der Waals surface area contributed by atoms with Crippen molar-refractivity contribution in [2.45, 2.75) is 45.2 Å². The van der Waals surface area contributed by atoms with Crippen molar-refractivity contribution in [3.05, 3.63) is 16.1 Å². The number of carbonyl (C=O) groups is 1. The van der Waals surface area contributed by atoms with Crippen LogP contribution >= 0.6 is 11.3 Å². The number of amides is 1. The summed E-state index contributed by atoms with van der Waals surface area (Å²) >= 11 is 1.52. The van der Waals surface area contributed by atoms with Gasteiger partial charge in [-0.15, -0.1) is 11.3 Å². The molecule has 2 heterocycles. The van der Waals surface area contributed by atoms with Crippen molar-refractivity contribution in [3.63, 3.8) is 0 Å². The zero-order valence-corrected chi connectivity index (χ0v) is 11.2. The number of piperidine rings is 1. The normalized spacial score (nSPS) is 22.5. The van der Waals surface area contributed by atoms with E-state index in [1.807, 2.05) is 24.1 Å². The fourth-order valence-electron chi connectivity index (χ4n) is 2.36. The second-order valence-corrected chi connectivity index (χ2v) is 5.73. The zero-order chi connectivity index (χ0) is 12.4. The van der Waals surface area contributed by atoms with Crippen LogP contribution in [0.2, 0.25) is 0 Å². The molecule has 94 valence electrons.